The molecule has 1 heterocycles. The first-order valence-corrected chi connectivity index (χ1v) is 5.48. The Balaban J connectivity index is 2.61. The summed E-state index contributed by atoms with van der Waals surface area (Å²) >= 11 is 0. The van der Waals surface area contributed by atoms with Crippen molar-refractivity contribution in [3.8, 4) is 0 Å². The van der Waals surface area contributed by atoms with E-state index in [1.165, 1.54) is 20.9 Å². The van der Waals surface area contributed by atoms with Crippen LogP contribution in [0.15, 0.2) is 12.3 Å². The highest BCUT2D eigenvalue weighted by molar-refractivity contribution is 5.85. The Labute approximate surface area is 105 Å². The van der Waals surface area contributed by atoms with Crippen molar-refractivity contribution in [3.63, 3.8) is 0 Å². The Bertz CT molecular complexity index is 453. The maximum Gasteiger partial charge on any atom is 0.329 e. The summed E-state index contributed by atoms with van der Waals surface area (Å²) in [6.07, 6.45) is 1.63. The van der Waals surface area contributed by atoms with Gasteiger partial charge in [-0.25, -0.2) is 9.59 Å². The van der Waals surface area contributed by atoms with Crippen molar-refractivity contribution in [3.05, 3.63) is 18.0 Å². The van der Waals surface area contributed by atoms with Crippen molar-refractivity contribution in [1.82, 2.24) is 20.0 Å². The van der Waals surface area contributed by atoms with E-state index >= 15 is 0 Å². The molecule has 0 spiro atoms. The molecule has 2 N–H and O–H groups in total. The van der Waals surface area contributed by atoms with Gasteiger partial charge >= 0.3 is 12.0 Å². The minimum atomic E-state index is -1.25. The van der Waals surface area contributed by atoms with E-state index in [9.17, 15) is 9.59 Å². The Morgan fingerprint density at radius 2 is 2.17 bits per heavy atom. The number of hydrogen-bond acceptors (Lipinski definition) is 3. The van der Waals surface area contributed by atoms with Crippen LogP contribution in [-0.4, -0.2) is 44.4 Å². The first-order valence-electron chi connectivity index (χ1n) is 5.48. The van der Waals surface area contributed by atoms with Crippen LogP contribution in [0.2, 0.25) is 0 Å². The van der Waals surface area contributed by atoms with E-state index in [-0.39, 0.29) is 0 Å². The molecule has 18 heavy (non-hydrogen) atoms. The smallest absolute Gasteiger partial charge is 0.329 e. The van der Waals surface area contributed by atoms with Crippen LogP contribution in [0.3, 0.4) is 0 Å². The summed E-state index contributed by atoms with van der Waals surface area (Å²) in [5, 5.41) is 15.6. The van der Waals surface area contributed by atoms with Crippen molar-refractivity contribution < 1.29 is 14.7 Å². The number of nitrogens with one attached hydrogen (secondary N) is 1. The fraction of sp³-hybridized carbons (Fsp3) is 0.545. The van der Waals surface area contributed by atoms with E-state index in [2.05, 4.69) is 10.4 Å². The number of amides is 2. The third-order valence-electron chi connectivity index (χ3n) is 3.01. The molecular weight excluding hydrogens is 236 g/mol. The molecule has 0 fully saturated rings. The predicted molar refractivity (Wildman–Crippen MR) is 64.9 cm³/mol. The van der Waals surface area contributed by atoms with Crippen LogP contribution in [0.1, 0.15) is 19.5 Å². The maximum atomic E-state index is 11.8. The average Bonchev–Trinajstić information content (AvgIpc) is 2.70. The van der Waals surface area contributed by atoms with Crippen molar-refractivity contribution >= 4 is 12.0 Å². The Morgan fingerprint density at radius 1 is 1.56 bits per heavy atom. The quantitative estimate of drug-likeness (QED) is 0.815. The van der Waals surface area contributed by atoms with Gasteiger partial charge < -0.3 is 15.3 Å². The summed E-state index contributed by atoms with van der Waals surface area (Å²) in [6.45, 7) is 3.24. The number of likely N-dealkylation sites (N-methyl/N-ethyl adjacent to an activating group) is 1. The zero-order valence-corrected chi connectivity index (χ0v) is 11.0. The lowest BCUT2D eigenvalue weighted by atomic mass is 10.1. The standard InChI is InChI=1S/C11H18N4O3/c1-11(2,9(16)17)14(3)10(18)12-7-8-5-6-13-15(8)4/h5-6H,7H2,1-4H3,(H,12,18)(H,16,17). The maximum absolute atomic E-state index is 11.8. The van der Waals surface area contributed by atoms with E-state index in [1.54, 1.807) is 24.0 Å². The molecule has 7 nitrogen and oxygen atoms in total. The van der Waals surface area contributed by atoms with Crippen LogP contribution < -0.4 is 5.32 Å². The van der Waals surface area contributed by atoms with Gasteiger partial charge in [-0.3, -0.25) is 4.68 Å². The highest BCUT2D eigenvalue weighted by Gasteiger charge is 2.35. The van der Waals surface area contributed by atoms with E-state index in [0.29, 0.717) is 6.54 Å². The molecule has 0 aliphatic carbocycles. The number of carbonyl (C=O) groups is 2. The first-order chi connectivity index (χ1) is 8.26. The average molecular weight is 254 g/mol. The summed E-state index contributed by atoms with van der Waals surface area (Å²) in [4.78, 5) is 24.0. The molecule has 1 aromatic heterocycles. The van der Waals surface area contributed by atoms with Crippen LogP contribution in [0, 0.1) is 0 Å². The lowest BCUT2D eigenvalue weighted by Crippen LogP contribution is -2.53. The van der Waals surface area contributed by atoms with Gasteiger partial charge in [-0.15, -0.1) is 0 Å². The number of nitrogens with zero attached hydrogens (tertiary/aromatic N) is 3. The molecule has 0 bridgehead atoms. The summed E-state index contributed by atoms with van der Waals surface area (Å²) in [7, 11) is 3.22. The number of carboxylic acid groups (broad SMARTS) is 1. The number of aliphatic carboxylic acids is 1. The van der Waals surface area contributed by atoms with Crippen LogP contribution in [0.25, 0.3) is 0 Å². The molecule has 0 radical (unpaired) electrons. The third kappa shape index (κ3) is 2.79. The first kappa shape index (κ1) is 14.0. The largest absolute Gasteiger partial charge is 0.480 e. The Morgan fingerprint density at radius 3 is 2.61 bits per heavy atom. The zero-order chi connectivity index (χ0) is 13.9. The summed E-state index contributed by atoms with van der Waals surface area (Å²) < 4.78 is 1.64. The normalized spacial score (nSPS) is 11.1. The number of carbonyl (C=O) groups excluding carboxylic acids is 1. The molecule has 0 aliphatic rings. The number of aryl methyl sites for hydroxylation is 1. The zero-order valence-electron chi connectivity index (χ0n) is 11.0. The topological polar surface area (TPSA) is 87.5 Å². The number of rotatable bonds is 4. The molecule has 1 aromatic rings. The minimum absolute atomic E-state index is 0.301. The molecule has 100 valence electrons. The molecule has 7 heteroatoms. The molecular formula is C11H18N4O3. The number of urea groups is 1. The molecule has 2 amide bonds. The SMILES string of the molecule is CN(C(=O)NCc1ccnn1C)C(C)(C)C(=O)O. The van der Waals surface area contributed by atoms with E-state index < -0.39 is 17.5 Å². The Hall–Kier alpha value is -2.05. The second kappa shape index (κ2) is 5.07. The van der Waals surface area contributed by atoms with E-state index in [0.717, 1.165) is 10.6 Å². The molecule has 0 aromatic carbocycles. The monoisotopic (exact) mass is 254 g/mol. The second-order valence-corrected chi connectivity index (χ2v) is 4.53. The molecule has 0 unspecified atom stereocenters. The second-order valence-electron chi connectivity index (χ2n) is 4.53. The van der Waals surface area contributed by atoms with Crippen LogP contribution >= 0.6 is 0 Å². The highest BCUT2D eigenvalue weighted by Crippen LogP contribution is 2.12. The van der Waals surface area contributed by atoms with Gasteiger partial charge in [-0.1, -0.05) is 0 Å². The third-order valence-corrected chi connectivity index (χ3v) is 3.01. The number of hydrogen-bond donors (Lipinski definition) is 2. The van der Waals surface area contributed by atoms with Crippen molar-refractivity contribution in [2.24, 2.45) is 7.05 Å². The van der Waals surface area contributed by atoms with Crippen LogP contribution in [0.5, 0.6) is 0 Å². The van der Waals surface area contributed by atoms with Gasteiger partial charge in [0, 0.05) is 20.3 Å². The van der Waals surface area contributed by atoms with Crippen LogP contribution in [0.4, 0.5) is 4.79 Å². The summed E-state index contributed by atoms with van der Waals surface area (Å²) in [5.74, 6) is -1.05. The number of aromatic nitrogens is 2. The summed E-state index contributed by atoms with van der Waals surface area (Å²) in [5.41, 5.74) is -0.416. The van der Waals surface area contributed by atoms with Gasteiger partial charge in [-0.2, -0.15) is 5.10 Å². The van der Waals surface area contributed by atoms with Crippen molar-refractivity contribution in [2.45, 2.75) is 25.9 Å². The van der Waals surface area contributed by atoms with Gasteiger partial charge in [0.05, 0.1) is 12.2 Å². The van der Waals surface area contributed by atoms with Gasteiger partial charge in [0.25, 0.3) is 0 Å². The van der Waals surface area contributed by atoms with Crippen molar-refractivity contribution in [1.29, 1.82) is 0 Å². The Kier molecular flexibility index (Phi) is 3.95. The predicted octanol–water partition coefficient (Wildman–Crippen LogP) is 0.425. The molecule has 0 saturated heterocycles. The van der Waals surface area contributed by atoms with Gasteiger partial charge in [0.1, 0.15) is 5.54 Å². The molecule has 0 saturated carbocycles. The fourth-order valence-electron chi connectivity index (χ4n) is 1.26. The van der Waals surface area contributed by atoms with E-state index in [4.69, 9.17) is 5.11 Å². The minimum Gasteiger partial charge on any atom is -0.480 e. The van der Waals surface area contributed by atoms with Crippen LogP contribution in [-0.2, 0) is 18.4 Å². The molecule has 0 atom stereocenters. The lowest BCUT2D eigenvalue weighted by molar-refractivity contribution is -0.146. The van der Waals surface area contributed by atoms with Gasteiger partial charge in [-0.05, 0) is 19.9 Å². The van der Waals surface area contributed by atoms with Gasteiger partial charge in [0.15, 0.2) is 0 Å². The van der Waals surface area contributed by atoms with Crippen molar-refractivity contribution in [2.75, 3.05) is 7.05 Å². The lowest BCUT2D eigenvalue weighted by Gasteiger charge is -2.31. The molecule has 0 aliphatic heterocycles. The summed E-state index contributed by atoms with van der Waals surface area (Å²) in [6, 6.07) is 1.34. The molecule has 1 rings (SSSR count). The number of carboxylic acids is 1. The van der Waals surface area contributed by atoms with Gasteiger partial charge in [0.2, 0.25) is 0 Å². The highest BCUT2D eigenvalue weighted by atomic mass is 16.4. The van der Waals surface area contributed by atoms with E-state index in [1.807, 2.05) is 0 Å². The fourth-order valence-corrected chi connectivity index (χ4v) is 1.26.